The molecule has 0 saturated heterocycles. The van der Waals surface area contributed by atoms with Crippen LogP contribution in [0.1, 0.15) is 30.1 Å². The highest BCUT2D eigenvalue weighted by molar-refractivity contribution is 5.93. The van der Waals surface area contributed by atoms with E-state index in [9.17, 15) is 9.59 Å². The van der Waals surface area contributed by atoms with Gasteiger partial charge in [-0.2, -0.15) is 5.10 Å². The first-order valence-corrected chi connectivity index (χ1v) is 5.00. The van der Waals surface area contributed by atoms with Gasteiger partial charge in [0.1, 0.15) is 0 Å². The molecule has 0 fully saturated rings. The molecule has 6 heteroatoms. The van der Waals surface area contributed by atoms with Crippen molar-refractivity contribution < 1.29 is 14.7 Å². The second kappa shape index (κ2) is 5.29. The number of carbonyl (C=O) groups excluding carboxylic acids is 1. The zero-order valence-electron chi connectivity index (χ0n) is 9.30. The second-order valence-corrected chi connectivity index (χ2v) is 3.71. The molecule has 88 valence electrons. The highest BCUT2D eigenvalue weighted by Gasteiger charge is 2.12. The van der Waals surface area contributed by atoms with E-state index < -0.39 is 5.97 Å². The highest BCUT2D eigenvalue weighted by atomic mass is 16.4. The minimum absolute atomic E-state index is 0.0501. The fraction of sp³-hybridized carbons (Fsp3) is 0.500. The molecule has 2 N–H and O–H groups in total. The molecular weight excluding hydrogens is 210 g/mol. The lowest BCUT2D eigenvalue weighted by Crippen LogP contribution is -2.32. The molecule has 1 atom stereocenters. The summed E-state index contributed by atoms with van der Waals surface area (Å²) in [7, 11) is 1.73. The van der Waals surface area contributed by atoms with Gasteiger partial charge in [-0.15, -0.1) is 0 Å². The van der Waals surface area contributed by atoms with Gasteiger partial charge in [-0.05, 0) is 13.3 Å². The van der Waals surface area contributed by atoms with Crippen LogP contribution in [0.3, 0.4) is 0 Å². The number of hydrogen-bond acceptors (Lipinski definition) is 3. The first-order valence-electron chi connectivity index (χ1n) is 5.00. The molecule has 1 rings (SSSR count). The molecule has 0 spiro atoms. The zero-order chi connectivity index (χ0) is 12.1. The summed E-state index contributed by atoms with van der Waals surface area (Å²) >= 11 is 0. The average molecular weight is 225 g/mol. The Balaban J connectivity index is 2.42. The Bertz CT molecular complexity index is 386. The Morgan fingerprint density at radius 3 is 2.81 bits per heavy atom. The Labute approximate surface area is 93.3 Å². The molecular formula is C10H15N3O3. The van der Waals surface area contributed by atoms with Crippen molar-refractivity contribution in [1.82, 2.24) is 15.1 Å². The van der Waals surface area contributed by atoms with E-state index in [0.29, 0.717) is 12.0 Å². The number of nitrogens with zero attached hydrogens (tertiary/aromatic N) is 2. The van der Waals surface area contributed by atoms with Crippen molar-refractivity contribution in [2.75, 3.05) is 0 Å². The lowest BCUT2D eigenvalue weighted by molar-refractivity contribution is -0.137. The van der Waals surface area contributed by atoms with Crippen LogP contribution in [-0.2, 0) is 11.8 Å². The molecule has 6 nitrogen and oxygen atoms in total. The Morgan fingerprint density at radius 2 is 2.31 bits per heavy atom. The van der Waals surface area contributed by atoms with E-state index in [1.54, 1.807) is 20.2 Å². The molecule has 0 aliphatic rings. The number of carbonyl (C=O) groups is 2. The highest BCUT2D eigenvalue weighted by Crippen LogP contribution is 2.00. The van der Waals surface area contributed by atoms with Gasteiger partial charge in [0.2, 0.25) is 0 Å². The third-order valence-corrected chi connectivity index (χ3v) is 2.14. The van der Waals surface area contributed by atoms with Crippen LogP contribution < -0.4 is 5.32 Å². The van der Waals surface area contributed by atoms with Crippen molar-refractivity contribution in [2.24, 2.45) is 7.05 Å². The summed E-state index contributed by atoms with van der Waals surface area (Å²) in [6.45, 7) is 1.78. The Kier molecular flexibility index (Phi) is 4.04. The molecule has 0 radical (unpaired) electrons. The minimum Gasteiger partial charge on any atom is -0.481 e. The van der Waals surface area contributed by atoms with E-state index in [1.807, 2.05) is 0 Å². The molecule has 0 aliphatic heterocycles. The van der Waals surface area contributed by atoms with Crippen LogP contribution >= 0.6 is 0 Å². The molecule has 1 aromatic heterocycles. The number of amides is 1. The van der Waals surface area contributed by atoms with Gasteiger partial charge in [0.25, 0.3) is 5.91 Å². The fourth-order valence-corrected chi connectivity index (χ4v) is 1.26. The van der Waals surface area contributed by atoms with Gasteiger partial charge in [0.05, 0.1) is 11.8 Å². The molecule has 1 aromatic rings. The summed E-state index contributed by atoms with van der Waals surface area (Å²) in [5, 5.41) is 15.1. The number of nitrogens with one attached hydrogen (secondary N) is 1. The van der Waals surface area contributed by atoms with E-state index in [1.165, 1.54) is 10.9 Å². The third-order valence-electron chi connectivity index (χ3n) is 2.14. The van der Waals surface area contributed by atoms with Crippen LogP contribution in [0.15, 0.2) is 12.4 Å². The van der Waals surface area contributed by atoms with Crippen molar-refractivity contribution in [1.29, 1.82) is 0 Å². The van der Waals surface area contributed by atoms with Gasteiger partial charge in [0, 0.05) is 25.7 Å². The molecule has 0 bridgehead atoms. The first kappa shape index (κ1) is 12.2. The number of rotatable bonds is 5. The Morgan fingerprint density at radius 1 is 1.62 bits per heavy atom. The van der Waals surface area contributed by atoms with E-state index in [-0.39, 0.29) is 18.4 Å². The van der Waals surface area contributed by atoms with Gasteiger partial charge in [-0.1, -0.05) is 0 Å². The van der Waals surface area contributed by atoms with Crippen molar-refractivity contribution in [3.63, 3.8) is 0 Å². The number of carboxylic acid groups (broad SMARTS) is 1. The summed E-state index contributed by atoms with van der Waals surface area (Å²) < 4.78 is 1.54. The van der Waals surface area contributed by atoms with Crippen LogP contribution in [0.4, 0.5) is 0 Å². The monoisotopic (exact) mass is 225 g/mol. The number of carboxylic acids is 1. The number of hydrogen-bond donors (Lipinski definition) is 2. The summed E-state index contributed by atoms with van der Waals surface area (Å²) in [6.07, 6.45) is 3.55. The summed E-state index contributed by atoms with van der Waals surface area (Å²) in [4.78, 5) is 21.9. The number of aliphatic carboxylic acids is 1. The molecule has 0 saturated carbocycles. The van der Waals surface area contributed by atoms with Gasteiger partial charge in [0.15, 0.2) is 0 Å². The predicted octanol–water partition coefficient (Wildman–Crippen LogP) is 0.403. The van der Waals surface area contributed by atoms with Crippen LogP contribution in [0, 0.1) is 0 Å². The predicted molar refractivity (Wildman–Crippen MR) is 57.0 cm³/mol. The van der Waals surface area contributed by atoms with Gasteiger partial charge >= 0.3 is 5.97 Å². The van der Waals surface area contributed by atoms with Gasteiger partial charge < -0.3 is 10.4 Å². The van der Waals surface area contributed by atoms with Gasteiger partial charge in [-0.25, -0.2) is 0 Å². The van der Waals surface area contributed by atoms with Crippen LogP contribution in [-0.4, -0.2) is 32.8 Å². The maximum absolute atomic E-state index is 11.6. The minimum atomic E-state index is -0.859. The van der Waals surface area contributed by atoms with E-state index in [2.05, 4.69) is 10.4 Å². The molecule has 0 aliphatic carbocycles. The molecule has 0 aromatic carbocycles. The summed E-state index contributed by atoms with van der Waals surface area (Å²) in [5.74, 6) is -1.09. The van der Waals surface area contributed by atoms with Crippen molar-refractivity contribution in [3.8, 4) is 0 Å². The third kappa shape index (κ3) is 3.72. The molecule has 16 heavy (non-hydrogen) atoms. The average Bonchev–Trinajstić information content (AvgIpc) is 2.62. The van der Waals surface area contributed by atoms with Crippen molar-refractivity contribution in [2.45, 2.75) is 25.8 Å². The summed E-state index contributed by atoms with van der Waals surface area (Å²) in [5.41, 5.74) is 0.477. The second-order valence-electron chi connectivity index (χ2n) is 3.71. The van der Waals surface area contributed by atoms with Gasteiger partial charge in [-0.3, -0.25) is 14.3 Å². The van der Waals surface area contributed by atoms with Crippen molar-refractivity contribution >= 4 is 11.9 Å². The zero-order valence-corrected chi connectivity index (χ0v) is 9.30. The quantitative estimate of drug-likeness (QED) is 0.759. The van der Waals surface area contributed by atoms with Crippen LogP contribution in [0.5, 0.6) is 0 Å². The SMILES string of the molecule is CC(CCC(=O)O)NC(=O)c1cnn(C)c1. The number of aryl methyl sites for hydroxylation is 1. The largest absolute Gasteiger partial charge is 0.481 e. The normalized spacial score (nSPS) is 12.1. The Hall–Kier alpha value is -1.85. The maximum atomic E-state index is 11.6. The van der Waals surface area contributed by atoms with Crippen LogP contribution in [0.2, 0.25) is 0 Å². The molecule has 1 amide bonds. The maximum Gasteiger partial charge on any atom is 0.303 e. The summed E-state index contributed by atoms with van der Waals surface area (Å²) in [6, 6.07) is -0.163. The molecule has 1 unspecified atom stereocenters. The molecule has 1 heterocycles. The standard InChI is InChI=1S/C10H15N3O3/c1-7(3-4-9(14)15)12-10(16)8-5-11-13(2)6-8/h5-7H,3-4H2,1-2H3,(H,12,16)(H,14,15). The lowest BCUT2D eigenvalue weighted by Gasteiger charge is -2.11. The van der Waals surface area contributed by atoms with Crippen molar-refractivity contribution in [3.05, 3.63) is 18.0 Å². The lowest BCUT2D eigenvalue weighted by atomic mass is 10.2. The van der Waals surface area contributed by atoms with E-state index in [0.717, 1.165) is 0 Å². The topological polar surface area (TPSA) is 84.2 Å². The first-order chi connectivity index (χ1) is 7.49. The van der Waals surface area contributed by atoms with E-state index in [4.69, 9.17) is 5.11 Å². The van der Waals surface area contributed by atoms with E-state index >= 15 is 0 Å². The smallest absolute Gasteiger partial charge is 0.303 e. The fourth-order valence-electron chi connectivity index (χ4n) is 1.26. The van der Waals surface area contributed by atoms with Crippen LogP contribution in [0.25, 0.3) is 0 Å². The number of aromatic nitrogens is 2.